The number of halogens is 1. The summed E-state index contributed by atoms with van der Waals surface area (Å²) in [5.41, 5.74) is 3.27. The summed E-state index contributed by atoms with van der Waals surface area (Å²) in [4.78, 5) is 2.30. The maximum Gasteiger partial charge on any atom is 0.151 e. The molecule has 106 valence electrons. The molecule has 1 aliphatic carbocycles. The normalized spacial score (nSPS) is 20.1. The molecule has 0 spiro atoms. The van der Waals surface area contributed by atoms with Crippen LogP contribution in [-0.4, -0.2) is 34.7 Å². The van der Waals surface area contributed by atoms with Crippen LogP contribution >= 0.6 is 0 Å². The van der Waals surface area contributed by atoms with Gasteiger partial charge in [-0.25, -0.2) is 4.39 Å². The van der Waals surface area contributed by atoms with Crippen molar-refractivity contribution in [2.24, 2.45) is 0 Å². The van der Waals surface area contributed by atoms with E-state index in [1.807, 2.05) is 0 Å². The molecule has 2 aliphatic rings. The van der Waals surface area contributed by atoms with Crippen molar-refractivity contribution < 1.29 is 9.50 Å². The summed E-state index contributed by atoms with van der Waals surface area (Å²) in [7, 11) is 2.12. The highest BCUT2D eigenvalue weighted by atomic mass is 19.1. The van der Waals surface area contributed by atoms with E-state index in [4.69, 9.17) is 0 Å². The van der Waals surface area contributed by atoms with Crippen LogP contribution in [0.2, 0.25) is 0 Å². The summed E-state index contributed by atoms with van der Waals surface area (Å²) >= 11 is 0. The number of hydrogen-bond donors (Lipinski definition) is 1. The number of rotatable bonds is 1. The third-order valence-corrected chi connectivity index (χ3v) is 4.67. The van der Waals surface area contributed by atoms with Gasteiger partial charge in [0.25, 0.3) is 0 Å². The van der Waals surface area contributed by atoms with Crippen LogP contribution in [-0.2, 0) is 13.0 Å². The summed E-state index contributed by atoms with van der Waals surface area (Å²) in [5, 5.41) is 10.7. The summed E-state index contributed by atoms with van der Waals surface area (Å²) in [6.45, 7) is 2.79. The first-order chi connectivity index (χ1) is 9.65. The van der Waals surface area contributed by atoms with E-state index >= 15 is 0 Å². The van der Waals surface area contributed by atoms with Gasteiger partial charge in [0, 0.05) is 43.2 Å². The summed E-state index contributed by atoms with van der Waals surface area (Å²) in [6.07, 6.45) is 3.36. The Balaban J connectivity index is 2.02. The predicted molar refractivity (Wildman–Crippen MR) is 76.7 cm³/mol. The lowest BCUT2D eigenvalue weighted by Crippen LogP contribution is -2.21. The van der Waals surface area contributed by atoms with Crippen LogP contribution in [0, 0.1) is 5.82 Å². The predicted octanol–water partition coefficient (Wildman–Crippen LogP) is 2.85. The van der Waals surface area contributed by atoms with Gasteiger partial charge < -0.3 is 14.6 Å². The molecule has 2 aromatic rings. The zero-order valence-corrected chi connectivity index (χ0v) is 11.7. The van der Waals surface area contributed by atoms with Gasteiger partial charge in [-0.15, -0.1) is 0 Å². The molecule has 1 N–H and O–H groups in total. The van der Waals surface area contributed by atoms with Gasteiger partial charge >= 0.3 is 0 Å². The van der Waals surface area contributed by atoms with Gasteiger partial charge in [0.05, 0.1) is 5.52 Å². The van der Waals surface area contributed by atoms with Crippen LogP contribution in [0.3, 0.4) is 0 Å². The average Bonchev–Trinajstić information content (AvgIpc) is 3.18. The number of hydrogen-bond acceptors (Lipinski definition) is 2. The van der Waals surface area contributed by atoms with E-state index in [1.165, 1.54) is 30.2 Å². The highest BCUT2D eigenvalue weighted by Gasteiger charge is 2.33. The molecular formula is C16H19FN2O. The Kier molecular flexibility index (Phi) is 2.58. The maximum atomic E-state index is 14.4. The quantitative estimate of drug-likeness (QED) is 0.866. The minimum Gasteiger partial charge on any atom is -0.508 e. The van der Waals surface area contributed by atoms with Crippen molar-refractivity contribution in [1.82, 2.24) is 9.47 Å². The lowest BCUT2D eigenvalue weighted by molar-refractivity contribution is 0.342. The zero-order chi connectivity index (χ0) is 13.9. The highest BCUT2D eigenvalue weighted by molar-refractivity contribution is 5.88. The lowest BCUT2D eigenvalue weighted by Gasteiger charge is -2.12. The minimum atomic E-state index is -0.294. The lowest BCUT2D eigenvalue weighted by atomic mass is 10.0. The molecule has 4 rings (SSSR count). The number of benzene rings is 1. The van der Waals surface area contributed by atoms with E-state index in [0.29, 0.717) is 11.4 Å². The van der Waals surface area contributed by atoms with E-state index in [-0.39, 0.29) is 11.6 Å². The maximum absolute atomic E-state index is 14.4. The number of likely N-dealkylation sites (N-methyl/N-ethyl adjacent to an activating group) is 1. The molecule has 20 heavy (non-hydrogen) atoms. The van der Waals surface area contributed by atoms with Gasteiger partial charge in [0.15, 0.2) is 5.82 Å². The topological polar surface area (TPSA) is 28.4 Å². The van der Waals surface area contributed by atoms with Crippen LogP contribution in [0.25, 0.3) is 10.9 Å². The highest BCUT2D eigenvalue weighted by Crippen LogP contribution is 2.47. The molecule has 0 saturated heterocycles. The van der Waals surface area contributed by atoms with Crippen LogP contribution < -0.4 is 0 Å². The number of fused-ring (bicyclic) bond motifs is 3. The van der Waals surface area contributed by atoms with Crippen LogP contribution in [0.15, 0.2) is 12.1 Å². The molecule has 0 amide bonds. The van der Waals surface area contributed by atoms with E-state index < -0.39 is 0 Å². The average molecular weight is 274 g/mol. The van der Waals surface area contributed by atoms with E-state index in [2.05, 4.69) is 16.5 Å². The van der Waals surface area contributed by atoms with Crippen LogP contribution in [0.1, 0.15) is 30.0 Å². The Hall–Kier alpha value is -1.55. The van der Waals surface area contributed by atoms with Crippen molar-refractivity contribution in [3.05, 3.63) is 29.2 Å². The summed E-state index contributed by atoms with van der Waals surface area (Å²) < 4.78 is 16.5. The van der Waals surface area contributed by atoms with E-state index in [0.717, 1.165) is 31.4 Å². The number of phenols is 1. The first-order valence-corrected chi connectivity index (χ1v) is 7.37. The molecule has 0 radical (unpaired) electrons. The first-order valence-electron chi connectivity index (χ1n) is 7.37. The molecule has 1 saturated carbocycles. The minimum absolute atomic E-state index is 0.0368. The molecule has 2 heterocycles. The van der Waals surface area contributed by atoms with Crippen LogP contribution in [0.4, 0.5) is 4.39 Å². The van der Waals surface area contributed by atoms with E-state index in [1.54, 1.807) is 6.07 Å². The molecule has 1 aromatic carbocycles. The molecule has 0 unspecified atom stereocenters. The summed E-state index contributed by atoms with van der Waals surface area (Å²) in [5.74, 6) is 0.311. The van der Waals surface area contributed by atoms with Crippen molar-refractivity contribution in [3.8, 4) is 5.75 Å². The molecule has 3 nitrogen and oxygen atoms in total. The Morgan fingerprint density at radius 3 is 2.75 bits per heavy atom. The van der Waals surface area contributed by atoms with Crippen LogP contribution in [0.5, 0.6) is 5.75 Å². The number of aromatic nitrogens is 1. The number of nitrogens with zero attached hydrogens (tertiary/aromatic N) is 2. The molecule has 0 bridgehead atoms. The molecule has 4 heteroatoms. The van der Waals surface area contributed by atoms with Gasteiger partial charge in [-0.05, 0) is 37.4 Å². The second-order valence-electron chi connectivity index (χ2n) is 6.16. The third-order valence-electron chi connectivity index (χ3n) is 4.67. The van der Waals surface area contributed by atoms with Gasteiger partial charge in [0.1, 0.15) is 5.75 Å². The molecular weight excluding hydrogens is 255 g/mol. The Morgan fingerprint density at radius 1 is 1.20 bits per heavy atom. The number of aromatic hydroxyl groups is 1. The largest absolute Gasteiger partial charge is 0.508 e. The van der Waals surface area contributed by atoms with Crippen molar-refractivity contribution in [2.75, 3.05) is 20.1 Å². The van der Waals surface area contributed by atoms with Gasteiger partial charge in [0.2, 0.25) is 0 Å². The zero-order valence-electron chi connectivity index (χ0n) is 11.7. The molecule has 1 aliphatic heterocycles. The van der Waals surface area contributed by atoms with Gasteiger partial charge in [-0.1, -0.05) is 0 Å². The van der Waals surface area contributed by atoms with Gasteiger partial charge in [-0.3, -0.25) is 0 Å². The number of phenolic OH excluding ortho intramolecular Hbond substituents is 1. The van der Waals surface area contributed by atoms with Crippen molar-refractivity contribution in [2.45, 2.75) is 31.7 Å². The first kappa shape index (κ1) is 12.2. The summed E-state index contributed by atoms with van der Waals surface area (Å²) in [6, 6.07) is 2.98. The smallest absolute Gasteiger partial charge is 0.151 e. The third kappa shape index (κ3) is 1.74. The monoisotopic (exact) mass is 274 g/mol. The SMILES string of the molecule is CN1CCc2c(C3CC3)c3cc(O)cc(F)c3n2CC1. The van der Waals surface area contributed by atoms with E-state index in [9.17, 15) is 9.50 Å². The Morgan fingerprint density at radius 2 is 2.00 bits per heavy atom. The van der Waals surface area contributed by atoms with Crippen molar-refractivity contribution >= 4 is 10.9 Å². The Bertz CT molecular complexity index is 688. The fraction of sp³-hybridized carbons (Fsp3) is 0.500. The molecule has 1 aromatic heterocycles. The molecule has 0 atom stereocenters. The second kappa shape index (κ2) is 4.22. The fourth-order valence-electron chi connectivity index (χ4n) is 3.52. The van der Waals surface area contributed by atoms with Crippen molar-refractivity contribution in [1.29, 1.82) is 0 Å². The fourth-order valence-corrected chi connectivity index (χ4v) is 3.52. The van der Waals surface area contributed by atoms with Crippen molar-refractivity contribution in [3.63, 3.8) is 0 Å². The Labute approximate surface area is 117 Å². The molecule has 1 fully saturated rings. The standard InChI is InChI=1S/C16H19FN2O/c1-18-5-4-14-15(10-2-3-10)12-8-11(20)9-13(17)16(12)19(14)7-6-18/h8-10,20H,2-7H2,1H3. The second-order valence-corrected chi connectivity index (χ2v) is 6.16. The van der Waals surface area contributed by atoms with Gasteiger partial charge in [-0.2, -0.15) is 0 Å².